The first-order chi connectivity index (χ1) is 18.9. The summed E-state index contributed by atoms with van der Waals surface area (Å²) < 4.78 is 5.80. The van der Waals surface area contributed by atoms with Crippen LogP contribution in [-0.2, 0) is 11.3 Å². The van der Waals surface area contributed by atoms with Crippen LogP contribution in [0, 0.1) is 57.2 Å². The van der Waals surface area contributed by atoms with Gasteiger partial charge in [-0.1, -0.05) is 77.1 Å². The Morgan fingerprint density at radius 2 is 1.60 bits per heavy atom. The number of ether oxygens (including phenoxy) is 1. The fourth-order valence-corrected chi connectivity index (χ4v) is 12.3. The lowest BCUT2D eigenvalue weighted by Crippen LogP contribution is -2.69. The van der Waals surface area contributed by atoms with E-state index in [9.17, 15) is 4.79 Å². The van der Waals surface area contributed by atoms with Gasteiger partial charge in [0.15, 0.2) is 0 Å². The molecule has 5 aliphatic rings. The van der Waals surface area contributed by atoms with Crippen LogP contribution in [0.2, 0.25) is 0 Å². The largest absolute Gasteiger partial charge is 0.445 e. The Hall–Kier alpha value is -1.77. The average Bonchev–Trinajstić information content (AvgIpc) is 3.35. The monoisotopic (exact) mass is 545 g/mol. The molecule has 0 saturated heterocycles. The highest BCUT2D eigenvalue weighted by Gasteiger charge is 2.70. The molecule has 5 saturated carbocycles. The zero-order valence-electron chi connectivity index (χ0n) is 26.2. The summed E-state index contributed by atoms with van der Waals surface area (Å²) in [4.78, 5) is 13.3. The second-order valence-corrected chi connectivity index (χ2v) is 16.2. The maximum atomic E-state index is 13.3. The van der Waals surface area contributed by atoms with E-state index in [0.717, 1.165) is 35.7 Å². The van der Waals surface area contributed by atoms with E-state index in [0.29, 0.717) is 34.7 Å². The van der Waals surface area contributed by atoms with Crippen molar-refractivity contribution in [2.45, 2.75) is 118 Å². The predicted molar refractivity (Wildman–Crippen MR) is 164 cm³/mol. The van der Waals surface area contributed by atoms with E-state index in [4.69, 9.17) is 4.74 Å². The molecule has 10 atom stereocenters. The van der Waals surface area contributed by atoms with Crippen molar-refractivity contribution in [1.29, 1.82) is 0 Å². The Morgan fingerprint density at radius 3 is 2.33 bits per heavy atom. The van der Waals surface area contributed by atoms with Crippen LogP contribution in [0.5, 0.6) is 0 Å². The van der Waals surface area contributed by atoms with Crippen LogP contribution in [0.3, 0.4) is 0 Å². The van der Waals surface area contributed by atoms with Gasteiger partial charge in [0.2, 0.25) is 0 Å². The maximum absolute atomic E-state index is 13.3. The van der Waals surface area contributed by atoms with Gasteiger partial charge in [-0.3, -0.25) is 0 Å². The van der Waals surface area contributed by atoms with Gasteiger partial charge in [0.05, 0.1) is 0 Å². The lowest BCUT2D eigenvalue weighted by Gasteiger charge is -2.73. The highest BCUT2D eigenvalue weighted by Crippen LogP contribution is 2.76. The molecule has 1 unspecified atom stereocenters. The van der Waals surface area contributed by atoms with Gasteiger partial charge in [-0.25, -0.2) is 4.79 Å². The van der Waals surface area contributed by atoms with Crippen molar-refractivity contribution >= 4 is 6.09 Å². The predicted octanol–water partition coefficient (Wildman–Crippen LogP) is 9.57. The summed E-state index contributed by atoms with van der Waals surface area (Å²) in [5.41, 5.74) is 3.52. The van der Waals surface area contributed by atoms with Gasteiger partial charge in [-0.2, -0.15) is 0 Å². The molecule has 3 heteroatoms. The molecule has 0 spiro atoms. The SMILES string of the molecule is C=C(C)[C@@H]1CC[C@@H]2CC[C@]3(C)[C@H](CC[C@@H]4[C@@]5(C)C(NC(=O)OCc6ccccc6)CCC(C)(C)[C@@H]5CC[C@]43C)[C@H]21. The van der Waals surface area contributed by atoms with Crippen molar-refractivity contribution in [3.63, 3.8) is 0 Å². The third-order valence-corrected chi connectivity index (χ3v) is 14.4. The second-order valence-electron chi connectivity index (χ2n) is 16.2. The molecule has 0 bridgehead atoms. The fourth-order valence-electron chi connectivity index (χ4n) is 12.3. The molecule has 0 aliphatic heterocycles. The van der Waals surface area contributed by atoms with E-state index < -0.39 is 0 Å². The molecular formula is C37H55NO2. The first kappa shape index (κ1) is 28.4. The number of benzene rings is 1. The van der Waals surface area contributed by atoms with Gasteiger partial charge >= 0.3 is 6.09 Å². The molecule has 1 N–H and O–H groups in total. The van der Waals surface area contributed by atoms with E-state index in [2.05, 4.69) is 53.4 Å². The lowest BCUT2D eigenvalue weighted by atomic mass is 9.32. The van der Waals surface area contributed by atoms with Gasteiger partial charge in [0, 0.05) is 6.04 Å². The van der Waals surface area contributed by atoms with E-state index >= 15 is 0 Å². The minimum atomic E-state index is -0.239. The first-order valence-electron chi connectivity index (χ1n) is 16.5. The third kappa shape index (κ3) is 4.14. The molecule has 5 aliphatic carbocycles. The Labute approximate surface area is 244 Å². The topological polar surface area (TPSA) is 38.3 Å². The zero-order valence-corrected chi connectivity index (χ0v) is 26.2. The lowest BCUT2D eigenvalue weighted by molar-refractivity contribution is -0.234. The minimum absolute atomic E-state index is 0.0782. The minimum Gasteiger partial charge on any atom is -0.445 e. The number of nitrogens with one attached hydrogen (secondary N) is 1. The molecule has 1 aromatic carbocycles. The van der Waals surface area contributed by atoms with Gasteiger partial charge < -0.3 is 10.1 Å². The van der Waals surface area contributed by atoms with E-state index in [1.165, 1.54) is 63.4 Å². The normalized spacial score (nSPS) is 45.3. The molecule has 6 rings (SSSR count). The second kappa shape index (κ2) is 9.91. The smallest absolute Gasteiger partial charge is 0.407 e. The summed E-state index contributed by atoms with van der Waals surface area (Å²) in [6.45, 7) is 20.1. The molecule has 0 heterocycles. The van der Waals surface area contributed by atoms with Crippen LogP contribution in [0.15, 0.2) is 42.5 Å². The molecule has 0 aromatic heterocycles. The highest BCUT2D eigenvalue weighted by molar-refractivity contribution is 5.67. The zero-order chi connectivity index (χ0) is 28.5. The van der Waals surface area contributed by atoms with Crippen LogP contribution in [0.1, 0.15) is 111 Å². The van der Waals surface area contributed by atoms with E-state index in [1.807, 2.05) is 30.3 Å². The summed E-state index contributed by atoms with van der Waals surface area (Å²) in [7, 11) is 0. The quantitative estimate of drug-likeness (QED) is 0.383. The average molecular weight is 546 g/mol. The van der Waals surface area contributed by atoms with Gasteiger partial charge in [0.1, 0.15) is 6.61 Å². The maximum Gasteiger partial charge on any atom is 0.407 e. The molecule has 220 valence electrons. The summed E-state index contributed by atoms with van der Waals surface area (Å²) in [5, 5.41) is 3.49. The van der Waals surface area contributed by atoms with Gasteiger partial charge in [-0.05, 0) is 134 Å². The Kier molecular flexibility index (Phi) is 7.02. The number of amides is 1. The number of hydrogen-bond donors (Lipinski definition) is 1. The van der Waals surface area contributed by atoms with Crippen molar-refractivity contribution in [2.75, 3.05) is 0 Å². The Morgan fingerprint density at radius 1 is 0.875 bits per heavy atom. The third-order valence-electron chi connectivity index (χ3n) is 14.4. The number of fused-ring (bicyclic) bond motifs is 7. The number of allylic oxidation sites excluding steroid dienone is 1. The molecule has 3 nitrogen and oxygen atoms in total. The Bertz CT molecular complexity index is 1130. The first-order valence-corrected chi connectivity index (χ1v) is 16.5. The Balaban J connectivity index is 1.30. The van der Waals surface area contributed by atoms with E-state index in [1.54, 1.807) is 0 Å². The number of alkyl carbamates (subject to hydrolysis) is 1. The van der Waals surface area contributed by atoms with Crippen LogP contribution in [0.4, 0.5) is 4.79 Å². The van der Waals surface area contributed by atoms with Crippen molar-refractivity contribution < 1.29 is 9.53 Å². The van der Waals surface area contributed by atoms with Crippen LogP contribution in [-0.4, -0.2) is 12.1 Å². The number of hydrogen-bond acceptors (Lipinski definition) is 2. The standard InChI is InChI=1S/C37H55NO2/c1-24(2)27-14-13-26-17-21-35(5)28(32(26)27)15-16-30-36(35,6)22-18-29-34(3,4)20-19-31(37(29,30)7)38-33(39)40-23-25-11-9-8-10-12-25/h8-12,26-32H,1,13-23H2,2-7H3,(H,38,39)/t26-,27+,28-,29+,30+,31?,32-,35-,36-,37+/m1/s1. The van der Waals surface area contributed by atoms with Gasteiger partial charge in [-0.15, -0.1) is 0 Å². The van der Waals surface area contributed by atoms with Crippen LogP contribution < -0.4 is 5.32 Å². The van der Waals surface area contributed by atoms with Crippen LogP contribution in [0.25, 0.3) is 0 Å². The number of carbonyl (C=O) groups is 1. The van der Waals surface area contributed by atoms with Crippen molar-refractivity contribution in [1.82, 2.24) is 5.32 Å². The molecule has 0 radical (unpaired) electrons. The molecule has 40 heavy (non-hydrogen) atoms. The highest BCUT2D eigenvalue weighted by atomic mass is 16.5. The summed E-state index contributed by atoms with van der Waals surface area (Å²) in [5.74, 6) is 4.54. The molecule has 1 aromatic rings. The number of carbonyl (C=O) groups excluding carboxylic acids is 1. The summed E-state index contributed by atoms with van der Waals surface area (Å²) in [6.07, 6.45) is 12.8. The molecular weight excluding hydrogens is 490 g/mol. The number of rotatable bonds is 4. The van der Waals surface area contributed by atoms with Crippen LogP contribution >= 0.6 is 0 Å². The van der Waals surface area contributed by atoms with Crippen molar-refractivity contribution in [3.05, 3.63) is 48.0 Å². The van der Waals surface area contributed by atoms with E-state index in [-0.39, 0.29) is 17.6 Å². The van der Waals surface area contributed by atoms with Crippen molar-refractivity contribution in [3.8, 4) is 0 Å². The van der Waals surface area contributed by atoms with Crippen molar-refractivity contribution in [2.24, 2.45) is 57.2 Å². The molecule has 1 amide bonds. The summed E-state index contributed by atoms with van der Waals surface area (Å²) >= 11 is 0. The fraction of sp³-hybridized carbons (Fsp3) is 0.757. The summed E-state index contributed by atoms with van der Waals surface area (Å²) in [6, 6.07) is 10.2. The van der Waals surface area contributed by atoms with Gasteiger partial charge in [0.25, 0.3) is 0 Å². The molecule has 5 fully saturated rings.